The second-order valence-corrected chi connectivity index (χ2v) is 6.74. The monoisotopic (exact) mass is 316 g/mol. The summed E-state index contributed by atoms with van der Waals surface area (Å²) < 4.78 is 11.0. The molecule has 0 rings (SSSR count). The second kappa shape index (κ2) is 17.2. The lowest BCUT2D eigenvalue weighted by Crippen LogP contribution is -2.12. The third kappa shape index (κ3) is 17.9. The topological polar surface area (TPSA) is 38.7 Å². The van der Waals surface area contributed by atoms with Crippen LogP contribution in [0.15, 0.2) is 0 Å². The van der Waals surface area contributed by atoms with Gasteiger partial charge in [-0.1, -0.05) is 52.9 Å². The predicted octanol–water partition coefficient (Wildman–Crippen LogP) is 5.31. The second-order valence-electron chi connectivity index (χ2n) is 6.74. The molecule has 0 bridgehead atoms. The van der Waals surface area contributed by atoms with E-state index in [0.717, 1.165) is 51.2 Å². The van der Waals surface area contributed by atoms with E-state index in [1.165, 1.54) is 38.5 Å². The Labute approximate surface area is 138 Å². The van der Waals surface area contributed by atoms with Gasteiger partial charge in [0.15, 0.2) is 6.29 Å². The maximum atomic E-state index is 9.72. The minimum Gasteiger partial charge on any atom is -0.381 e. The molecule has 0 amide bonds. The molecule has 0 aromatic heterocycles. The van der Waals surface area contributed by atoms with Crippen molar-refractivity contribution < 1.29 is 14.6 Å². The largest absolute Gasteiger partial charge is 0.381 e. The van der Waals surface area contributed by atoms with Crippen LogP contribution < -0.4 is 0 Å². The number of unbranched alkanes of at least 4 members (excludes halogenated alkanes) is 6. The van der Waals surface area contributed by atoms with Crippen LogP contribution in [0, 0.1) is 5.92 Å². The van der Waals surface area contributed by atoms with Crippen molar-refractivity contribution in [3.63, 3.8) is 0 Å². The molecule has 3 nitrogen and oxygen atoms in total. The first-order chi connectivity index (χ1) is 10.7. The molecule has 0 aliphatic rings. The van der Waals surface area contributed by atoms with Gasteiger partial charge in [-0.3, -0.25) is 0 Å². The molecule has 22 heavy (non-hydrogen) atoms. The number of aliphatic hydroxyl groups is 1. The maximum Gasteiger partial charge on any atom is 0.154 e. The third-order valence-corrected chi connectivity index (χ3v) is 3.87. The number of hydrogen-bond donors (Lipinski definition) is 1. The first-order valence-corrected chi connectivity index (χ1v) is 9.54. The molecular formula is C19H40O3. The van der Waals surface area contributed by atoms with Crippen LogP contribution >= 0.6 is 0 Å². The smallest absolute Gasteiger partial charge is 0.154 e. The lowest BCUT2D eigenvalue weighted by Gasteiger charge is -2.12. The van der Waals surface area contributed by atoms with Crippen LogP contribution in [0.3, 0.4) is 0 Å². The van der Waals surface area contributed by atoms with Gasteiger partial charge < -0.3 is 14.6 Å². The van der Waals surface area contributed by atoms with E-state index in [4.69, 9.17) is 9.47 Å². The highest BCUT2D eigenvalue weighted by Crippen LogP contribution is 2.08. The van der Waals surface area contributed by atoms with Gasteiger partial charge in [0, 0.05) is 19.8 Å². The van der Waals surface area contributed by atoms with E-state index in [1.54, 1.807) is 0 Å². The van der Waals surface area contributed by atoms with Crippen LogP contribution in [0.2, 0.25) is 0 Å². The fraction of sp³-hybridized carbons (Fsp3) is 1.00. The Hall–Kier alpha value is -0.120. The summed E-state index contributed by atoms with van der Waals surface area (Å²) in [6.45, 7) is 9.16. The van der Waals surface area contributed by atoms with Crippen LogP contribution in [0.25, 0.3) is 0 Å². The normalized spacial score (nSPS) is 13.0. The first kappa shape index (κ1) is 21.9. The Bertz CT molecular complexity index is 207. The highest BCUT2D eigenvalue weighted by atomic mass is 16.6. The number of ether oxygens (including phenoxy) is 2. The molecule has 0 spiro atoms. The summed E-state index contributed by atoms with van der Waals surface area (Å²) in [6.07, 6.45) is 12.0. The van der Waals surface area contributed by atoms with Gasteiger partial charge in [0.05, 0.1) is 0 Å². The number of aliphatic hydroxyl groups excluding tert-OH is 1. The average molecular weight is 317 g/mol. The summed E-state index contributed by atoms with van der Waals surface area (Å²) in [5.74, 6) is 0.775. The Morgan fingerprint density at radius 2 is 1.36 bits per heavy atom. The van der Waals surface area contributed by atoms with Crippen molar-refractivity contribution in [1.82, 2.24) is 0 Å². The van der Waals surface area contributed by atoms with Crippen molar-refractivity contribution in [3.05, 3.63) is 0 Å². The van der Waals surface area contributed by atoms with Gasteiger partial charge in [-0.25, -0.2) is 0 Å². The van der Waals surface area contributed by atoms with Gasteiger partial charge in [-0.15, -0.1) is 0 Å². The highest BCUT2D eigenvalue weighted by Gasteiger charge is 2.03. The Kier molecular flexibility index (Phi) is 17.1. The zero-order valence-electron chi connectivity index (χ0n) is 15.3. The maximum absolute atomic E-state index is 9.72. The lowest BCUT2D eigenvalue weighted by molar-refractivity contribution is -0.105. The SMILES string of the molecule is CCCCCCCOC(O)CCCCCOCCCC(C)C. The molecule has 0 heterocycles. The fourth-order valence-corrected chi connectivity index (χ4v) is 2.40. The van der Waals surface area contributed by atoms with Crippen molar-refractivity contribution in [2.75, 3.05) is 19.8 Å². The molecule has 1 N–H and O–H groups in total. The molecule has 0 saturated heterocycles. The van der Waals surface area contributed by atoms with Crippen LogP contribution in [0.4, 0.5) is 0 Å². The molecule has 3 heteroatoms. The molecule has 0 aliphatic carbocycles. The summed E-state index contributed by atoms with van der Waals surface area (Å²) in [6, 6.07) is 0. The van der Waals surface area contributed by atoms with Crippen molar-refractivity contribution in [1.29, 1.82) is 0 Å². The van der Waals surface area contributed by atoms with Crippen LogP contribution in [-0.2, 0) is 9.47 Å². The molecule has 1 atom stereocenters. The minimum absolute atomic E-state index is 0.571. The zero-order chi connectivity index (χ0) is 16.5. The standard InChI is InChI=1S/C19H40O3/c1-4-5-6-7-11-17-22-19(20)14-9-8-10-15-21-16-12-13-18(2)3/h18-20H,4-17H2,1-3H3. The summed E-state index contributed by atoms with van der Waals surface area (Å²) in [7, 11) is 0. The molecule has 134 valence electrons. The Morgan fingerprint density at radius 1 is 0.727 bits per heavy atom. The zero-order valence-corrected chi connectivity index (χ0v) is 15.3. The molecule has 0 saturated carbocycles. The molecule has 1 unspecified atom stereocenters. The van der Waals surface area contributed by atoms with Gasteiger partial charge in [0.2, 0.25) is 0 Å². The van der Waals surface area contributed by atoms with Gasteiger partial charge in [0.1, 0.15) is 0 Å². The van der Waals surface area contributed by atoms with Gasteiger partial charge in [-0.05, 0) is 44.4 Å². The molecule has 0 fully saturated rings. The fourth-order valence-electron chi connectivity index (χ4n) is 2.40. The summed E-state index contributed by atoms with van der Waals surface area (Å²) in [5, 5.41) is 9.72. The van der Waals surface area contributed by atoms with Crippen molar-refractivity contribution in [3.8, 4) is 0 Å². The summed E-state index contributed by atoms with van der Waals surface area (Å²) in [4.78, 5) is 0. The summed E-state index contributed by atoms with van der Waals surface area (Å²) in [5.41, 5.74) is 0. The quantitative estimate of drug-likeness (QED) is 0.292. The van der Waals surface area contributed by atoms with Crippen LogP contribution in [0.1, 0.15) is 91.4 Å². The molecule has 0 radical (unpaired) electrons. The number of hydrogen-bond acceptors (Lipinski definition) is 3. The van der Waals surface area contributed by atoms with Crippen LogP contribution in [0.5, 0.6) is 0 Å². The van der Waals surface area contributed by atoms with Crippen molar-refractivity contribution >= 4 is 0 Å². The van der Waals surface area contributed by atoms with Crippen molar-refractivity contribution in [2.24, 2.45) is 5.92 Å². The van der Waals surface area contributed by atoms with Gasteiger partial charge >= 0.3 is 0 Å². The predicted molar refractivity (Wildman–Crippen MR) is 94.1 cm³/mol. The van der Waals surface area contributed by atoms with E-state index in [-0.39, 0.29) is 0 Å². The van der Waals surface area contributed by atoms with Gasteiger partial charge in [-0.2, -0.15) is 0 Å². The third-order valence-electron chi connectivity index (χ3n) is 3.87. The molecule has 0 aromatic carbocycles. The molecule has 0 aliphatic heterocycles. The van der Waals surface area contributed by atoms with E-state index >= 15 is 0 Å². The number of rotatable bonds is 17. The average Bonchev–Trinajstić information content (AvgIpc) is 2.48. The van der Waals surface area contributed by atoms with E-state index in [1.807, 2.05) is 0 Å². The molecular weight excluding hydrogens is 276 g/mol. The van der Waals surface area contributed by atoms with Gasteiger partial charge in [0.25, 0.3) is 0 Å². The minimum atomic E-state index is -0.571. The molecule has 0 aromatic rings. The first-order valence-electron chi connectivity index (χ1n) is 9.54. The highest BCUT2D eigenvalue weighted by molar-refractivity contribution is 4.49. The van der Waals surface area contributed by atoms with E-state index in [2.05, 4.69) is 20.8 Å². The van der Waals surface area contributed by atoms with Crippen molar-refractivity contribution in [2.45, 2.75) is 97.7 Å². The van der Waals surface area contributed by atoms with E-state index in [9.17, 15) is 5.11 Å². The lowest BCUT2D eigenvalue weighted by atomic mass is 10.1. The Morgan fingerprint density at radius 3 is 2.09 bits per heavy atom. The Balaban J connectivity index is 3.13. The van der Waals surface area contributed by atoms with Crippen LogP contribution in [-0.4, -0.2) is 31.2 Å². The van der Waals surface area contributed by atoms with E-state index < -0.39 is 6.29 Å². The summed E-state index contributed by atoms with van der Waals surface area (Å²) >= 11 is 0. The van der Waals surface area contributed by atoms with E-state index in [0.29, 0.717) is 6.61 Å².